The molecule has 0 spiro atoms. The predicted octanol–water partition coefficient (Wildman–Crippen LogP) is 3.46. The van der Waals surface area contributed by atoms with Crippen molar-refractivity contribution in [2.24, 2.45) is 0 Å². The third-order valence-corrected chi connectivity index (χ3v) is 2.64. The number of ether oxygens (including phenoxy) is 1. The van der Waals surface area contributed by atoms with Crippen LogP contribution in [0.3, 0.4) is 0 Å². The lowest BCUT2D eigenvalue weighted by molar-refractivity contribution is -0.198. The van der Waals surface area contributed by atoms with Crippen LogP contribution in [0.2, 0.25) is 0 Å². The number of benzene rings is 1. The quantitative estimate of drug-likeness (QED) is 0.938. The van der Waals surface area contributed by atoms with Gasteiger partial charge in [-0.05, 0) is 30.3 Å². The van der Waals surface area contributed by atoms with Crippen LogP contribution in [0.15, 0.2) is 48.8 Å². The van der Waals surface area contributed by atoms with Crippen LogP contribution < -0.4 is 4.74 Å². The fourth-order valence-corrected chi connectivity index (χ4v) is 1.67. The maximum Gasteiger partial charge on any atom is 0.429 e. The van der Waals surface area contributed by atoms with Crippen molar-refractivity contribution in [3.63, 3.8) is 0 Å². The van der Waals surface area contributed by atoms with Crippen molar-refractivity contribution in [3.05, 3.63) is 59.9 Å². The van der Waals surface area contributed by atoms with Gasteiger partial charge in [0.1, 0.15) is 5.75 Å². The summed E-state index contributed by atoms with van der Waals surface area (Å²) in [5.74, 6) is -1.24. The third-order valence-electron chi connectivity index (χ3n) is 2.64. The molecule has 2 rings (SSSR count). The largest absolute Gasteiger partial charge is 0.478 e. The highest BCUT2D eigenvalue weighted by atomic mass is 19.4. The first-order chi connectivity index (χ1) is 9.88. The molecule has 1 heterocycles. The van der Waals surface area contributed by atoms with E-state index in [0.29, 0.717) is 0 Å². The third kappa shape index (κ3) is 3.71. The molecular weight excluding hydrogens is 287 g/mol. The fourth-order valence-electron chi connectivity index (χ4n) is 1.67. The molecule has 0 saturated carbocycles. The van der Waals surface area contributed by atoms with E-state index in [-0.39, 0.29) is 16.9 Å². The van der Waals surface area contributed by atoms with Gasteiger partial charge in [-0.15, -0.1) is 0 Å². The van der Waals surface area contributed by atoms with E-state index >= 15 is 0 Å². The Morgan fingerprint density at radius 3 is 2.33 bits per heavy atom. The summed E-state index contributed by atoms with van der Waals surface area (Å²) in [5, 5.41) is 8.74. The van der Waals surface area contributed by atoms with E-state index in [0.717, 1.165) is 6.20 Å². The van der Waals surface area contributed by atoms with Crippen LogP contribution in [0.1, 0.15) is 22.0 Å². The summed E-state index contributed by atoms with van der Waals surface area (Å²) in [5.41, 5.74) is -0.167. The zero-order valence-electron chi connectivity index (χ0n) is 10.5. The molecule has 1 atom stereocenters. The van der Waals surface area contributed by atoms with Gasteiger partial charge in [0.25, 0.3) is 0 Å². The van der Waals surface area contributed by atoms with E-state index in [4.69, 9.17) is 9.84 Å². The minimum Gasteiger partial charge on any atom is -0.478 e. The lowest BCUT2D eigenvalue weighted by Gasteiger charge is -2.21. The molecule has 4 nitrogen and oxygen atoms in total. The van der Waals surface area contributed by atoms with Crippen LogP contribution >= 0.6 is 0 Å². The van der Waals surface area contributed by atoms with Gasteiger partial charge < -0.3 is 9.84 Å². The Hall–Kier alpha value is -2.57. The fraction of sp³-hybridized carbons (Fsp3) is 0.143. The van der Waals surface area contributed by atoms with Crippen LogP contribution in [-0.2, 0) is 0 Å². The monoisotopic (exact) mass is 297 g/mol. The SMILES string of the molecule is O=C(O)c1ccc(OC(c2cccnc2)C(F)(F)F)cc1. The van der Waals surface area contributed by atoms with Crippen molar-refractivity contribution >= 4 is 5.97 Å². The molecule has 0 radical (unpaired) electrons. The molecule has 1 aromatic heterocycles. The Morgan fingerprint density at radius 1 is 1.19 bits per heavy atom. The van der Waals surface area contributed by atoms with Gasteiger partial charge in [-0.25, -0.2) is 4.79 Å². The zero-order valence-corrected chi connectivity index (χ0v) is 10.5. The second-order valence-corrected chi connectivity index (χ2v) is 4.16. The number of aromatic carboxylic acids is 1. The standard InChI is InChI=1S/C14H10F3NO3/c15-14(16,17)12(10-2-1-7-18-8-10)21-11-5-3-9(4-6-11)13(19)20/h1-8,12H,(H,19,20). The van der Waals surface area contributed by atoms with Crippen LogP contribution in [0, 0.1) is 0 Å². The molecule has 0 bridgehead atoms. The highest BCUT2D eigenvalue weighted by Gasteiger charge is 2.43. The van der Waals surface area contributed by atoms with Gasteiger partial charge in [-0.1, -0.05) is 6.07 Å². The number of hydrogen-bond acceptors (Lipinski definition) is 3. The van der Waals surface area contributed by atoms with Gasteiger partial charge in [0.05, 0.1) is 5.56 Å². The summed E-state index contributed by atoms with van der Waals surface area (Å²) in [6, 6.07) is 7.35. The van der Waals surface area contributed by atoms with E-state index < -0.39 is 18.2 Å². The number of carboxylic acid groups (broad SMARTS) is 1. The van der Waals surface area contributed by atoms with Gasteiger partial charge in [0.15, 0.2) is 0 Å². The minimum atomic E-state index is -4.62. The van der Waals surface area contributed by atoms with Gasteiger partial charge in [-0.3, -0.25) is 4.98 Å². The molecule has 0 saturated heterocycles. The molecule has 0 fully saturated rings. The second-order valence-electron chi connectivity index (χ2n) is 4.16. The van der Waals surface area contributed by atoms with Crippen molar-refractivity contribution in [2.45, 2.75) is 12.3 Å². The van der Waals surface area contributed by atoms with Crippen LogP contribution in [-0.4, -0.2) is 22.2 Å². The maximum atomic E-state index is 13.1. The number of halogens is 3. The molecule has 0 aliphatic rings. The van der Waals surface area contributed by atoms with Crippen molar-refractivity contribution in [2.75, 3.05) is 0 Å². The number of rotatable bonds is 4. The minimum absolute atomic E-state index is 0.0349. The first-order valence-corrected chi connectivity index (χ1v) is 5.84. The van der Waals surface area contributed by atoms with Crippen molar-refractivity contribution in [3.8, 4) is 5.75 Å². The summed E-state index contributed by atoms with van der Waals surface area (Å²) in [4.78, 5) is 14.3. The van der Waals surface area contributed by atoms with E-state index in [1.165, 1.54) is 42.6 Å². The average molecular weight is 297 g/mol. The number of pyridine rings is 1. The number of carboxylic acids is 1. The molecule has 21 heavy (non-hydrogen) atoms. The highest BCUT2D eigenvalue weighted by molar-refractivity contribution is 5.87. The van der Waals surface area contributed by atoms with E-state index in [2.05, 4.69) is 4.98 Å². The molecule has 7 heteroatoms. The van der Waals surface area contributed by atoms with E-state index in [1.54, 1.807) is 0 Å². The summed E-state index contributed by atoms with van der Waals surface area (Å²) in [6.45, 7) is 0. The van der Waals surface area contributed by atoms with Crippen LogP contribution in [0.4, 0.5) is 13.2 Å². The second kappa shape index (κ2) is 5.82. The number of carbonyl (C=O) groups is 1. The Labute approximate surface area is 117 Å². The lowest BCUT2D eigenvalue weighted by atomic mass is 10.1. The van der Waals surface area contributed by atoms with E-state index in [9.17, 15) is 18.0 Å². The highest BCUT2D eigenvalue weighted by Crippen LogP contribution is 2.36. The Morgan fingerprint density at radius 2 is 1.86 bits per heavy atom. The molecule has 0 amide bonds. The number of alkyl halides is 3. The molecule has 2 aromatic rings. The first kappa shape index (κ1) is 14.8. The van der Waals surface area contributed by atoms with E-state index in [1.807, 2.05) is 0 Å². The lowest BCUT2D eigenvalue weighted by Crippen LogP contribution is -2.26. The summed E-state index contributed by atoms with van der Waals surface area (Å²) in [6.07, 6.45) is -4.35. The summed E-state index contributed by atoms with van der Waals surface area (Å²) < 4.78 is 44.1. The average Bonchev–Trinajstić information content (AvgIpc) is 2.45. The Kier molecular flexibility index (Phi) is 4.11. The van der Waals surface area contributed by atoms with Crippen molar-refractivity contribution in [1.29, 1.82) is 0 Å². The summed E-state index contributed by atoms with van der Waals surface area (Å²) >= 11 is 0. The first-order valence-electron chi connectivity index (χ1n) is 5.84. The van der Waals surface area contributed by atoms with Crippen molar-refractivity contribution in [1.82, 2.24) is 4.98 Å². The van der Waals surface area contributed by atoms with Gasteiger partial charge in [0.2, 0.25) is 6.10 Å². The maximum absolute atomic E-state index is 13.1. The Bertz CT molecular complexity index is 612. The van der Waals surface area contributed by atoms with Crippen molar-refractivity contribution < 1.29 is 27.8 Å². The Balaban J connectivity index is 2.26. The molecule has 0 aliphatic heterocycles. The number of nitrogens with zero attached hydrogens (tertiary/aromatic N) is 1. The predicted molar refractivity (Wildman–Crippen MR) is 67.1 cm³/mol. The molecular formula is C14H10F3NO3. The molecule has 110 valence electrons. The number of aromatic nitrogens is 1. The molecule has 0 aliphatic carbocycles. The molecule has 1 N–H and O–H groups in total. The topological polar surface area (TPSA) is 59.4 Å². The van der Waals surface area contributed by atoms with Gasteiger partial charge >= 0.3 is 12.1 Å². The smallest absolute Gasteiger partial charge is 0.429 e. The van der Waals surface area contributed by atoms with Crippen LogP contribution in [0.5, 0.6) is 5.75 Å². The summed E-state index contributed by atoms with van der Waals surface area (Å²) in [7, 11) is 0. The number of hydrogen-bond donors (Lipinski definition) is 1. The van der Waals surface area contributed by atoms with Gasteiger partial charge in [0, 0.05) is 18.0 Å². The van der Waals surface area contributed by atoms with Gasteiger partial charge in [-0.2, -0.15) is 13.2 Å². The molecule has 1 aromatic carbocycles. The molecule has 1 unspecified atom stereocenters. The van der Waals surface area contributed by atoms with Crippen LogP contribution in [0.25, 0.3) is 0 Å². The normalized spacial score (nSPS) is 12.7. The zero-order chi connectivity index (χ0) is 15.5.